The van der Waals surface area contributed by atoms with Gasteiger partial charge < -0.3 is 9.68 Å². The highest BCUT2D eigenvalue weighted by Gasteiger charge is 2.37. The Hall–Kier alpha value is -1.61. The molecule has 1 aliphatic heterocycles. The van der Waals surface area contributed by atoms with Gasteiger partial charge in [0.15, 0.2) is 0 Å². The first-order valence-corrected chi connectivity index (χ1v) is 11.4. The molecule has 2 aromatic rings. The molecule has 28 heavy (non-hydrogen) atoms. The van der Waals surface area contributed by atoms with E-state index >= 15 is 0 Å². The molecule has 1 saturated carbocycles. The maximum absolute atomic E-state index is 14.4. The van der Waals surface area contributed by atoms with Crippen LogP contribution in [-0.4, -0.2) is 33.4 Å². The summed E-state index contributed by atoms with van der Waals surface area (Å²) in [6, 6.07) is 9.64. The first kappa shape index (κ1) is 19.7. The molecule has 1 atom stereocenters. The van der Waals surface area contributed by atoms with Crippen molar-refractivity contribution in [3.63, 3.8) is 0 Å². The summed E-state index contributed by atoms with van der Waals surface area (Å²) < 4.78 is 46.3. The van der Waals surface area contributed by atoms with Crippen LogP contribution < -0.4 is 9.77 Å². The molecular weight excluding hydrogens is 404 g/mol. The fraction of sp³-hybridized carbons (Fsp3) is 0.368. The van der Waals surface area contributed by atoms with Crippen molar-refractivity contribution in [1.29, 1.82) is 0 Å². The Labute approximate surface area is 169 Å². The highest BCUT2D eigenvalue weighted by Crippen LogP contribution is 2.46. The summed E-state index contributed by atoms with van der Waals surface area (Å²) in [6.07, 6.45) is 2.64. The molecule has 0 spiro atoms. The van der Waals surface area contributed by atoms with Crippen LogP contribution in [0.3, 0.4) is 0 Å². The molecule has 148 valence electrons. The Morgan fingerprint density at radius 3 is 2.75 bits per heavy atom. The Balaban J connectivity index is 1.63. The number of fused-ring (bicyclic) bond motifs is 1. The van der Waals surface area contributed by atoms with Gasteiger partial charge >= 0.3 is 7.12 Å². The number of rotatable bonds is 6. The molecule has 1 aliphatic carbocycles. The molecule has 1 fully saturated rings. The summed E-state index contributed by atoms with van der Waals surface area (Å²) in [5.74, 6) is -0.317. The van der Waals surface area contributed by atoms with Gasteiger partial charge in [-0.05, 0) is 60.5 Å². The van der Waals surface area contributed by atoms with Gasteiger partial charge in [0, 0.05) is 17.1 Å². The van der Waals surface area contributed by atoms with Crippen LogP contribution in [0.15, 0.2) is 36.4 Å². The summed E-state index contributed by atoms with van der Waals surface area (Å²) in [5.41, 5.74) is 2.22. The van der Waals surface area contributed by atoms with Gasteiger partial charge in [0.25, 0.3) is 0 Å². The lowest BCUT2D eigenvalue weighted by atomic mass is 9.79. The van der Waals surface area contributed by atoms with E-state index in [9.17, 15) is 17.8 Å². The van der Waals surface area contributed by atoms with Crippen LogP contribution in [0.25, 0.3) is 0 Å². The number of nitrogens with zero attached hydrogens (tertiary/aromatic N) is 1. The second kappa shape index (κ2) is 7.33. The molecular formula is C19H20BClFNO4S. The Morgan fingerprint density at radius 2 is 2.07 bits per heavy atom. The molecule has 2 aromatic carbocycles. The van der Waals surface area contributed by atoms with Crippen LogP contribution in [0.2, 0.25) is 5.02 Å². The van der Waals surface area contributed by atoms with Gasteiger partial charge in [-0.2, -0.15) is 0 Å². The van der Waals surface area contributed by atoms with E-state index < -0.39 is 23.2 Å². The van der Waals surface area contributed by atoms with Crippen LogP contribution in [0.4, 0.5) is 10.1 Å². The number of hydrogen-bond donors (Lipinski definition) is 1. The third-order valence-corrected chi connectivity index (χ3v) is 6.65. The van der Waals surface area contributed by atoms with Crippen molar-refractivity contribution in [3.05, 3.63) is 58.4 Å². The molecule has 0 saturated heterocycles. The van der Waals surface area contributed by atoms with Crippen molar-refractivity contribution in [2.24, 2.45) is 0 Å². The van der Waals surface area contributed by atoms with E-state index in [-0.39, 0.29) is 18.3 Å². The summed E-state index contributed by atoms with van der Waals surface area (Å²) >= 11 is 6.06. The highest BCUT2D eigenvalue weighted by atomic mass is 35.5. The minimum Gasteiger partial charge on any atom is -0.423 e. The van der Waals surface area contributed by atoms with Gasteiger partial charge in [0.2, 0.25) is 10.0 Å². The second-order valence-electron chi connectivity index (χ2n) is 7.32. The maximum Gasteiger partial charge on any atom is 0.491 e. The quantitative estimate of drug-likeness (QED) is 0.726. The molecule has 2 aliphatic rings. The van der Waals surface area contributed by atoms with Crippen molar-refractivity contribution in [2.45, 2.75) is 31.3 Å². The molecule has 1 heterocycles. The topological polar surface area (TPSA) is 66.8 Å². The zero-order valence-electron chi connectivity index (χ0n) is 15.3. The lowest BCUT2D eigenvalue weighted by Crippen LogP contribution is -2.33. The van der Waals surface area contributed by atoms with Crippen molar-refractivity contribution in [3.8, 4) is 0 Å². The van der Waals surface area contributed by atoms with Crippen molar-refractivity contribution < 1.29 is 22.5 Å². The summed E-state index contributed by atoms with van der Waals surface area (Å²) in [6.45, 7) is 0.103. The largest absolute Gasteiger partial charge is 0.491 e. The fourth-order valence-corrected chi connectivity index (χ4v) is 4.93. The predicted octanol–water partition coefficient (Wildman–Crippen LogP) is 2.97. The third-order valence-electron chi connectivity index (χ3n) is 5.23. The van der Waals surface area contributed by atoms with E-state index in [2.05, 4.69) is 0 Å². The molecule has 0 radical (unpaired) electrons. The normalized spacial score (nSPS) is 19.0. The second-order valence-corrected chi connectivity index (χ2v) is 9.66. The molecule has 5 nitrogen and oxygen atoms in total. The number of halogens is 2. The molecule has 9 heteroatoms. The van der Waals surface area contributed by atoms with Gasteiger partial charge in [0.1, 0.15) is 5.82 Å². The van der Waals surface area contributed by atoms with Crippen molar-refractivity contribution in [2.75, 3.05) is 17.1 Å². The SMILES string of the molecule is CS(=O)(=O)N(CCC1OB(O)c2ccc(Cl)cc21)c1cccc(F)c1C1CC1. The van der Waals surface area contributed by atoms with Crippen LogP contribution in [0, 0.1) is 5.82 Å². The van der Waals surface area contributed by atoms with Gasteiger partial charge in [-0.3, -0.25) is 4.31 Å². The Bertz CT molecular complexity index is 1010. The van der Waals surface area contributed by atoms with Crippen LogP contribution in [-0.2, 0) is 14.7 Å². The van der Waals surface area contributed by atoms with E-state index in [1.165, 1.54) is 16.4 Å². The Kier molecular flexibility index (Phi) is 5.16. The summed E-state index contributed by atoms with van der Waals surface area (Å²) in [4.78, 5) is 0. The zero-order valence-corrected chi connectivity index (χ0v) is 16.9. The standard InChI is InChI=1S/C19H20BClFNO4S/c1-28(25,26)23(17-4-2-3-16(22)19(17)12-5-6-12)10-9-18-14-11-13(21)7-8-15(14)20(24)27-18/h2-4,7-8,11-12,18,24H,5-6,9-10H2,1H3. The molecule has 0 bridgehead atoms. The molecule has 0 amide bonds. The van der Waals surface area contributed by atoms with Crippen LogP contribution in [0.5, 0.6) is 0 Å². The molecule has 1 N–H and O–H groups in total. The first-order valence-electron chi connectivity index (χ1n) is 9.14. The zero-order chi connectivity index (χ0) is 20.1. The van der Waals surface area contributed by atoms with Gasteiger partial charge in [-0.25, -0.2) is 12.8 Å². The smallest absolute Gasteiger partial charge is 0.423 e. The number of benzene rings is 2. The van der Waals surface area contributed by atoms with E-state index in [0.717, 1.165) is 24.7 Å². The number of sulfonamides is 1. The van der Waals surface area contributed by atoms with E-state index in [1.54, 1.807) is 24.3 Å². The van der Waals surface area contributed by atoms with Gasteiger partial charge in [0.05, 0.1) is 18.0 Å². The average Bonchev–Trinajstić information content (AvgIpc) is 3.39. The fourth-order valence-electron chi connectivity index (χ4n) is 3.79. The highest BCUT2D eigenvalue weighted by molar-refractivity contribution is 7.92. The lowest BCUT2D eigenvalue weighted by molar-refractivity contribution is 0.184. The van der Waals surface area contributed by atoms with E-state index in [4.69, 9.17) is 16.3 Å². The van der Waals surface area contributed by atoms with E-state index in [0.29, 0.717) is 28.2 Å². The van der Waals surface area contributed by atoms with Crippen LogP contribution in [0.1, 0.15) is 42.4 Å². The van der Waals surface area contributed by atoms with Crippen molar-refractivity contribution in [1.82, 2.24) is 0 Å². The maximum atomic E-state index is 14.4. The number of hydrogen-bond acceptors (Lipinski definition) is 4. The lowest BCUT2D eigenvalue weighted by Gasteiger charge is -2.26. The average molecular weight is 424 g/mol. The van der Waals surface area contributed by atoms with E-state index in [1.807, 2.05) is 0 Å². The minimum absolute atomic E-state index is 0.0598. The van der Waals surface area contributed by atoms with Gasteiger partial charge in [-0.1, -0.05) is 23.7 Å². The predicted molar refractivity (Wildman–Crippen MR) is 108 cm³/mol. The van der Waals surface area contributed by atoms with Gasteiger partial charge in [-0.15, -0.1) is 0 Å². The number of anilines is 1. The minimum atomic E-state index is -3.63. The van der Waals surface area contributed by atoms with Crippen molar-refractivity contribution >= 4 is 39.9 Å². The first-order chi connectivity index (χ1) is 13.3. The molecule has 1 unspecified atom stereocenters. The monoisotopic (exact) mass is 423 g/mol. The Morgan fingerprint density at radius 1 is 1.32 bits per heavy atom. The van der Waals surface area contributed by atoms with Crippen LogP contribution >= 0.6 is 11.6 Å². The third kappa shape index (κ3) is 3.78. The summed E-state index contributed by atoms with van der Waals surface area (Å²) in [5, 5.41) is 10.6. The summed E-state index contributed by atoms with van der Waals surface area (Å²) in [7, 11) is -4.70. The molecule has 0 aromatic heterocycles. The molecule has 4 rings (SSSR count).